The molecular formula is C25H20N2O3. The molecule has 3 aromatic carbocycles. The second-order valence-corrected chi connectivity index (χ2v) is 6.81. The standard InChI is InChI=1S/C25H20N2O3/c28-25(26-15-7-10-18-8-1-2-9-19(18)16-27-29)30-17-24-22-13-5-3-11-20(22)21-12-4-6-14-23(21)24/h1-6,8-9,11-14,16,24,29H,15,17H2,(H,26,28). The summed E-state index contributed by atoms with van der Waals surface area (Å²) in [6.07, 6.45) is 0.819. The van der Waals surface area contributed by atoms with Crippen molar-refractivity contribution in [1.29, 1.82) is 0 Å². The van der Waals surface area contributed by atoms with Crippen LogP contribution >= 0.6 is 0 Å². The summed E-state index contributed by atoms with van der Waals surface area (Å²) in [6, 6.07) is 23.7. The molecule has 0 heterocycles. The highest BCUT2D eigenvalue weighted by Crippen LogP contribution is 2.44. The molecule has 4 rings (SSSR count). The van der Waals surface area contributed by atoms with Gasteiger partial charge in [-0.2, -0.15) is 0 Å². The molecule has 1 aliphatic rings. The van der Waals surface area contributed by atoms with Crippen LogP contribution in [0.1, 0.15) is 28.2 Å². The first-order chi connectivity index (χ1) is 14.8. The molecule has 3 aromatic rings. The predicted octanol–water partition coefficient (Wildman–Crippen LogP) is 4.38. The minimum Gasteiger partial charge on any atom is -0.449 e. The van der Waals surface area contributed by atoms with Gasteiger partial charge < -0.3 is 15.3 Å². The number of carbonyl (C=O) groups excluding carboxylic acids is 1. The van der Waals surface area contributed by atoms with Gasteiger partial charge in [0.1, 0.15) is 6.61 Å². The minimum absolute atomic E-state index is 0.0267. The van der Waals surface area contributed by atoms with Gasteiger partial charge in [0, 0.05) is 17.0 Å². The van der Waals surface area contributed by atoms with E-state index in [4.69, 9.17) is 9.94 Å². The first-order valence-electron chi connectivity index (χ1n) is 9.62. The maximum absolute atomic E-state index is 12.1. The molecule has 0 aromatic heterocycles. The van der Waals surface area contributed by atoms with Crippen molar-refractivity contribution in [3.05, 3.63) is 95.1 Å². The van der Waals surface area contributed by atoms with E-state index in [9.17, 15) is 4.79 Å². The molecule has 5 heteroatoms. The number of nitrogens with zero attached hydrogens (tertiary/aromatic N) is 1. The van der Waals surface area contributed by atoms with Crippen LogP contribution in [0.5, 0.6) is 0 Å². The molecule has 0 unspecified atom stereocenters. The van der Waals surface area contributed by atoms with Crippen LogP contribution in [0.2, 0.25) is 0 Å². The number of rotatable bonds is 4. The number of nitrogens with one attached hydrogen (secondary N) is 1. The summed E-state index contributed by atoms with van der Waals surface area (Å²) in [5, 5.41) is 14.4. The largest absolute Gasteiger partial charge is 0.449 e. The quantitative estimate of drug-likeness (QED) is 0.297. The van der Waals surface area contributed by atoms with Gasteiger partial charge in [-0.3, -0.25) is 0 Å². The number of ether oxygens (including phenoxy) is 1. The zero-order chi connectivity index (χ0) is 20.8. The fraction of sp³-hybridized carbons (Fsp3) is 0.120. The number of hydrogen-bond acceptors (Lipinski definition) is 4. The van der Waals surface area contributed by atoms with Crippen molar-refractivity contribution in [2.45, 2.75) is 5.92 Å². The van der Waals surface area contributed by atoms with Crippen LogP contribution in [0, 0.1) is 11.8 Å². The van der Waals surface area contributed by atoms with Gasteiger partial charge in [-0.25, -0.2) is 4.79 Å². The molecule has 0 atom stereocenters. The Morgan fingerprint density at radius 3 is 2.33 bits per heavy atom. The Morgan fingerprint density at radius 2 is 1.63 bits per heavy atom. The zero-order valence-electron chi connectivity index (χ0n) is 16.2. The molecule has 0 bridgehead atoms. The molecule has 2 N–H and O–H groups in total. The molecule has 148 valence electrons. The van der Waals surface area contributed by atoms with E-state index in [0.717, 1.165) is 0 Å². The minimum atomic E-state index is -0.503. The van der Waals surface area contributed by atoms with Crippen LogP contribution in [0.25, 0.3) is 11.1 Å². The number of benzene rings is 3. The van der Waals surface area contributed by atoms with Gasteiger partial charge in [0.2, 0.25) is 0 Å². The number of carbonyl (C=O) groups is 1. The van der Waals surface area contributed by atoms with Crippen molar-refractivity contribution in [2.24, 2.45) is 5.16 Å². The smallest absolute Gasteiger partial charge is 0.407 e. The van der Waals surface area contributed by atoms with Gasteiger partial charge in [-0.15, -0.1) is 0 Å². The second-order valence-electron chi connectivity index (χ2n) is 6.81. The van der Waals surface area contributed by atoms with Crippen LogP contribution in [0.15, 0.2) is 78.0 Å². The first kappa shape index (κ1) is 19.3. The molecule has 0 fully saturated rings. The molecule has 0 saturated heterocycles. The fourth-order valence-electron chi connectivity index (χ4n) is 3.69. The van der Waals surface area contributed by atoms with Gasteiger partial charge in [0.05, 0.1) is 12.8 Å². The molecule has 0 spiro atoms. The number of amides is 1. The Bertz CT molecular complexity index is 1110. The highest BCUT2D eigenvalue weighted by molar-refractivity contribution is 5.83. The van der Waals surface area contributed by atoms with Gasteiger partial charge in [0.25, 0.3) is 0 Å². The van der Waals surface area contributed by atoms with Gasteiger partial charge >= 0.3 is 6.09 Å². The topological polar surface area (TPSA) is 70.9 Å². The van der Waals surface area contributed by atoms with E-state index in [-0.39, 0.29) is 19.1 Å². The number of oxime groups is 1. The number of fused-ring (bicyclic) bond motifs is 3. The molecule has 30 heavy (non-hydrogen) atoms. The van der Waals surface area contributed by atoms with Crippen molar-refractivity contribution in [3.8, 4) is 23.0 Å². The Morgan fingerprint density at radius 1 is 1.00 bits per heavy atom. The summed E-state index contributed by atoms with van der Waals surface area (Å²) in [5.74, 6) is 5.87. The highest BCUT2D eigenvalue weighted by Gasteiger charge is 2.28. The molecule has 1 amide bonds. The number of hydrogen-bond donors (Lipinski definition) is 2. The average molecular weight is 396 g/mol. The summed E-state index contributed by atoms with van der Waals surface area (Å²) < 4.78 is 5.48. The first-order valence-corrected chi connectivity index (χ1v) is 9.62. The normalized spacial score (nSPS) is 12.0. The van der Waals surface area contributed by atoms with Crippen molar-refractivity contribution in [1.82, 2.24) is 5.32 Å². The molecular weight excluding hydrogens is 376 g/mol. The molecule has 1 aliphatic carbocycles. The lowest BCUT2D eigenvalue weighted by Gasteiger charge is -2.14. The van der Waals surface area contributed by atoms with Crippen LogP contribution < -0.4 is 5.32 Å². The number of alkyl carbamates (subject to hydrolysis) is 1. The van der Waals surface area contributed by atoms with Gasteiger partial charge in [0.15, 0.2) is 0 Å². The molecule has 0 saturated carbocycles. The van der Waals surface area contributed by atoms with E-state index in [1.165, 1.54) is 28.5 Å². The van der Waals surface area contributed by atoms with Crippen molar-refractivity contribution >= 4 is 12.3 Å². The Balaban J connectivity index is 1.36. The average Bonchev–Trinajstić information content (AvgIpc) is 3.10. The maximum Gasteiger partial charge on any atom is 0.407 e. The Hall–Kier alpha value is -4.04. The molecule has 5 nitrogen and oxygen atoms in total. The third kappa shape index (κ3) is 4.03. The zero-order valence-corrected chi connectivity index (χ0v) is 16.2. The lowest BCUT2D eigenvalue weighted by atomic mass is 9.98. The lowest BCUT2D eigenvalue weighted by molar-refractivity contribution is 0.144. The Kier molecular flexibility index (Phi) is 5.77. The van der Waals surface area contributed by atoms with Crippen molar-refractivity contribution in [2.75, 3.05) is 13.2 Å². The van der Waals surface area contributed by atoms with Crippen molar-refractivity contribution < 1.29 is 14.7 Å². The summed E-state index contributed by atoms with van der Waals surface area (Å²) in [7, 11) is 0. The van der Waals surface area contributed by atoms with Crippen molar-refractivity contribution in [3.63, 3.8) is 0 Å². The Labute approximate surface area is 175 Å². The summed E-state index contributed by atoms with van der Waals surface area (Å²) in [5.41, 5.74) is 6.15. The third-order valence-electron chi connectivity index (χ3n) is 5.05. The highest BCUT2D eigenvalue weighted by atomic mass is 16.5. The van der Waals surface area contributed by atoms with Gasteiger partial charge in [-0.05, 0) is 28.3 Å². The SMILES string of the molecule is O=C(NCC#Cc1ccccc1C=NO)OCC1c2ccccc2-c2ccccc21. The van der Waals surface area contributed by atoms with E-state index >= 15 is 0 Å². The summed E-state index contributed by atoms with van der Waals surface area (Å²) >= 11 is 0. The predicted molar refractivity (Wildman–Crippen MR) is 116 cm³/mol. The van der Waals surface area contributed by atoms with Crippen LogP contribution in [-0.2, 0) is 4.74 Å². The second kappa shape index (κ2) is 8.97. The summed E-state index contributed by atoms with van der Waals surface area (Å²) in [6.45, 7) is 0.421. The lowest BCUT2D eigenvalue weighted by Crippen LogP contribution is -2.26. The van der Waals surface area contributed by atoms with Crippen LogP contribution in [0.3, 0.4) is 0 Å². The molecule has 0 radical (unpaired) electrons. The molecule has 0 aliphatic heterocycles. The summed E-state index contributed by atoms with van der Waals surface area (Å²) in [4.78, 5) is 12.1. The van der Waals surface area contributed by atoms with Gasteiger partial charge in [-0.1, -0.05) is 83.7 Å². The van der Waals surface area contributed by atoms with Crippen LogP contribution in [0.4, 0.5) is 4.79 Å². The van der Waals surface area contributed by atoms with E-state index in [1.54, 1.807) is 6.07 Å². The van der Waals surface area contributed by atoms with E-state index < -0.39 is 6.09 Å². The monoisotopic (exact) mass is 396 g/mol. The van der Waals surface area contributed by atoms with E-state index in [1.807, 2.05) is 42.5 Å². The third-order valence-corrected chi connectivity index (χ3v) is 5.05. The van der Waals surface area contributed by atoms with E-state index in [0.29, 0.717) is 11.1 Å². The fourth-order valence-corrected chi connectivity index (χ4v) is 3.69. The van der Waals surface area contributed by atoms with E-state index in [2.05, 4.69) is 46.6 Å². The maximum atomic E-state index is 12.1. The van der Waals surface area contributed by atoms with Crippen LogP contribution in [-0.4, -0.2) is 30.7 Å².